The largest absolute Gasteiger partial charge is 0.478 e. The molecule has 0 aliphatic rings. The highest BCUT2D eigenvalue weighted by atomic mass is 16.4. The number of fused-ring (bicyclic) bond motifs is 1. The molecule has 1 aromatic heterocycles. The Morgan fingerprint density at radius 1 is 1.41 bits per heavy atom. The summed E-state index contributed by atoms with van der Waals surface area (Å²) in [5.74, 6) is -1.08. The molecule has 0 bridgehead atoms. The predicted octanol–water partition coefficient (Wildman–Crippen LogP) is 0.408. The monoisotopic (exact) mass is 234 g/mol. The molecule has 0 spiro atoms. The average Bonchev–Trinajstić information content (AvgIpc) is 2.30. The normalized spacial score (nSPS) is 10.6. The van der Waals surface area contributed by atoms with E-state index in [1.54, 1.807) is 6.92 Å². The molecule has 0 amide bonds. The van der Waals surface area contributed by atoms with Crippen LogP contribution in [0.1, 0.15) is 17.3 Å². The van der Waals surface area contributed by atoms with Crippen LogP contribution >= 0.6 is 0 Å². The molecule has 0 aliphatic carbocycles. The Kier molecular flexibility index (Phi) is 2.55. The molecular weight excluding hydrogens is 224 g/mol. The highest BCUT2D eigenvalue weighted by molar-refractivity contribution is 5.92. The number of hydrogen-bond acceptors (Lipinski definition) is 3. The Hall–Kier alpha value is -2.37. The van der Waals surface area contributed by atoms with Gasteiger partial charge in [-0.1, -0.05) is 0 Å². The lowest BCUT2D eigenvalue weighted by atomic mass is 10.2. The maximum atomic E-state index is 11.5. The summed E-state index contributed by atoms with van der Waals surface area (Å²) in [5, 5.41) is 8.83. The molecular formula is C11H10N2O4. The molecule has 6 nitrogen and oxygen atoms in total. The molecule has 0 fully saturated rings. The smallest absolute Gasteiger partial charge is 0.335 e. The van der Waals surface area contributed by atoms with E-state index < -0.39 is 17.1 Å². The summed E-state index contributed by atoms with van der Waals surface area (Å²) in [6.07, 6.45) is 0. The number of carboxylic acid groups (broad SMARTS) is 1. The van der Waals surface area contributed by atoms with Crippen LogP contribution in [0.3, 0.4) is 0 Å². The molecule has 0 saturated heterocycles. The summed E-state index contributed by atoms with van der Waals surface area (Å²) in [4.78, 5) is 36.1. The molecule has 2 N–H and O–H groups in total. The van der Waals surface area contributed by atoms with Gasteiger partial charge in [0.2, 0.25) is 0 Å². The lowest BCUT2D eigenvalue weighted by Gasteiger charge is -2.07. The fourth-order valence-corrected chi connectivity index (χ4v) is 1.73. The van der Waals surface area contributed by atoms with E-state index in [2.05, 4.69) is 4.98 Å². The van der Waals surface area contributed by atoms with Crippen LogP contribution in [-0.4, -0.2) is 20.6 Å². The van der Waals surface area contributed by atoms with Crippen molar-refractivity contribution in [2.24, 2.45) is 0 Å². The summed E-state index contributed by atoms with van der Waals surface area (Å²) >= 11 is 0. The van der Waals surface area contributed by atoms with Crippen molar-refractivity contribution in [3.05, 3.63) is 44.5 Å². The summed E-state index contributed by atoms with van der Waals surface area (Å²) in [6.45, 7) is 2.09. The third kappa shape index (κ3) is 1.73. The van der Waals surface area contributed by atoms with Crippen molar-refractivity contribution in [2.75, 3.05) is 0 Å². The van der Waals surface area contributed by atoms with Gasteiger partial charge in [0.15, 0.2) is 0 Å². The second kappa shape index (κ2) is 3.89. The van der Waals surface area contributed by atoms with Crippen LogP contribution in [0.5, 0.6) is 0 Å². The summed E-state index contributed by atoms with van der Waals surface area (Å²) < 4.78 is 1.31. The maximum absolute atomic E-state index is 11.5. The molecule has 0 atom stereocenters. The highest BCUT2D eigenvalue weighted by Crippen LogP contribution is 2.11. The minimum Gasteiger partial charge on any atom is -0.478 e. The number of rotatable bonds is 2. The number of nitrogens with one attached hydrogen (secondary N) is 1. The summed E-state index contributed by atoms with van der Waals surface area (Å²) in [7, 11) is 0. The van der Waals surface area contributed by atoms with Gasteiger partial charge in [-0.2, -0.15) is 0 Å². The van der Waals surface area contributed by atoms with E-state index in [1.165, 1.54) is 22.8 Å². The van der Waals surface area contributed by atoms with E-state index in [1.807, 2.05) is 0 Å². The van der Waals surface area contributed by atoms with Crippen molar-refractivity contribution < 1.29 is 9.90 Å². The fourth-order valence-electron chi connectivity index (χ4n) is 1.73. The quantitative estimate of drug-likeness (QED) is 0.736. The Morgan fingerprint density at radius 2 is 2.12 bits per heavy atom. The van der Waals surface area contributed by atoms with Crippen molar-refractivity contribution in [2.45, 2.75) is 13.5 Å². The van der Waals surface area contributed by atoms with Crippen LogP contribution in [-0.2, 0) is 6.54 Å². The predicted molar refractivity (Wildman–Crippen MR) is 61.5 cm³/mol. The van der Waals surface area contributed by atoms with E-state index in [-0.39, 0.29) is 5.56 Å². The molecule has 2 aromatic rings. The third-order valence-electron chi connectivity index (χ3n) is 2.54. The Balaban J connectivity index is 2.90. The summed E-state index contributed by atoms with van der Waals surface area (Å²) in [6, 6.07) is 4.25. The Bertz CT molecular complexity index is 711. The molecule has 88 valence electrons. The first-order valence-electron chi connectivity index (χ1n) is 5.04. The first kappa shape index (κ1) is 11.1. The van der Waals surface area contributed by atoms with Crippen LogP contribution in [0.2, 0.25) is 0 Å². The van der Waals surface area contributed by atoms with E-state index in [9.17, 15) is 14.4 Å². The molecule has 1 aromatic carbocycles. The van der Waals surface area contributed by atoms with Gasteiger partial charge in [0, 0.05) is 6.54 Å². The standard InChI is InChI=1S/C11H10N2O4/c1-2-13-8-4-3-6(11(16)17)5-7(8)12-9(14)10(13)15/h3-5H,2H2,1H3,(H,12,14)(H,16,17). The second-order valence-electron chi connectivity index (χ2n) is 3.54. The molecule has 1 heterocycles. The van der Waals surface area contributed by atoms with Gasteiger partial charge in [-0.3, -0.25) is 9.59 Å². The van der Waals surface area contributed by atoms with Crippen LogP contribution in [0.4, 0.5) is 0 Å². The number of carboxylic acids is 1. The van der Waals surface area contributed by atoms with Gasteiger partial charge < -0.3 is 14.7 Å². The average molecular weight is 234 g/mol. The topological polar surface area (TPSA) is 92.2 Å². The van der Waals surface area contributed by atoms with Gasteiger partial charge in [-0.05, 0) is 25.1 Å². The zero-order valence-corrected chi connectivity index (χ0v) is 9.06. The highest BCUT2D eigenvalue weighted by Gasteiger charge is 2.09. The van der Waals surface area contributed by atoms with Gasteiger partial charge >= 0.3 is 17.1 Å². The van der Waals surface area contributed by atoms with Crippen molar-refractivity contribution in [1.29, 1.82) is 0 Å². The lowest BCUT2D eigenvalue weighted by molar-refractivity contribution is 0.0697. The number of hydrogen-bond donors (Lipinski definition) is 2. The Labute approximate surface area is 95.1 Å². The lowest BCUT2D eigenvalue weighted by Crippen LogP contribution is -2.36. The van der Waals surface area contributed by atoms with Gasteiger partial charge in [0.05, 0.1) is 16.6 Å². The van der Waals surface area contributed by atoms with Crippen LogP contribution in [0, 0.1) is 0 Å². The number of aromatic carboxylic acids is 1. The second-order valence-corrected chi connectivity index (χ2v) is 3.54. The van der Waals surface area contributed by atoms with Gasteiger partial charge in [0.1, 0.15) is 0 Å². The number of H-pyrrole nitrogens is 1. The van der Waals surface area contributed by atoms with Crippen molar-refractivity contribution in [3.8, 4) is 0 Å². The number of aryl methyl sites for hydroxylation is 1. The first-order valence-corrected chi connectivity index (χ1v) is 5.04. The molecule has 0 saturated carbocycles. The number of aromatic amines is 1. The zero-order chi connectivity index (χ0) is 12.6. The summed E-state index contributed by atoms with van der Waals surface area (Å²) in [5.41, 5.74) is -0.460. The van der Waals surface area contributed by atoms with Gasteiger partial charge in [0.25, 0.3) is 0 Å². The van der Waals surface area contributed by atoms with Gasteiger partial charge in [-0.25, -0.2) is 4.79 Å². The number of carbonyl (C=O) groups is 1. The first-order chi connectivity index (χ1) is 8.04. The minimum absolute atomic E-state index is 0.0643. The number of nitrogens with zero attached hydrogens (tertiary/aromatic N) is 1. The SMILES string of the molecule is CCn1c(=O)c(=O)[nH]c2cc(C(=O)O)ccc21. The molecule has 0 aliphatic heterocycles. The number of benzene rings is 1. The number of aromatic nitrogens is 2. The molecule has 0 radical (unpaired) electrons. The van der Waals surface area contributed by atoms with Crippen LogP contribution in [0.15, 0.2) is 27.8 Å². The molecule has 0 unspecified atom stereocenters. The van der Waals surface area contributed by atoms with Crippen molar-refractivity contribution in [3.63, 3.8) is 0 Å². The minimum atomic E-state index is -1.08. The maximum Gasteiger partial charge on any atom is 0.335 e. The van der Waals surface area contributed by atoms with Crippen molar-refractivity contribution >= 4 is 17.0 Å². The molecule has 2 rings (SSSR count). The third-order valence-corrected chi connectivity index (χ3v) is 2.54. The molecule has 17 heavy (non-hydrogen) atoms. The van der Waals surface area contributed by atoms with Crippen LogP contribution in [0.25, 0.3) is 11.0 Å². The van der Waals surface area contributed by atoms with Crippen molar-refractivity contribution in [1.82, 2.24) is 9.55 Å². The van der Waals surface area contributed by atoms with Gasteiger partial charge in [-0.15, -0.1) is 0 Å². The zero-order valence-electron chi connectivity index (χ0n) is 9.06. The van der Waals surface area contributed by atoms with Crippen LogP contribution < -0.4 is 11.1 Å². The van der Waals surface area contributed by atoms with E-state index in [0.717, 1.165) is 0 Å². The van der Waals surface area contributed by atoms with E-state index in [4.69, 9.17) is 5.11 Å². The fraction of sp³-hybridized carbons (Fsp3) is 0.182. The van der Waals surface area contributed by atoms with E-state index in [0.29, 0.717) is 17.6 Å². The van der Waals surface area contributed by atoms with E-state index >= 15 is 0 Å². The molecule has 6 heteroatoms. The Morgan fingerprint density at radius 3 is 2.71 bits per heavy atom.